The van der Waals surface area contributed by atoms with Crippen molar-refractivity contribution in [1.29, 1.82) is 5.26 Å². The van der Waals surface area contributed by atoms with Crippen molar-refractivity contribution in [3.05, 3.63) is 47.5 Å². The summed E-state index contributed by atoms with van der Waals surface area (Å²) in [4.78, 5) is 0. The zero-order chi connectivity index (χ0) is 23.2. The number of hydrogen-bond donors (Lipinski definition) is 4. The zero-order valence-corrected chi connectivity index (χ0v) is 17.1. The van der Waals surface area contributed by atoms with Gasteiger partial charge in [0.05, 0.1) is 0 Å². The van der Waals surface area contributed by atoms with Gasteiger partial charge in [-0.25, -0.2) is 0 Å². The largest absolute Gasteiger partial charge is 0.506 e. The Morgan fingerprint density at radius 3 is 1.52 bits per heavy atom. The lowest BCUT2D eigenvalue weighted by molar-refractivity contribution is 0.473. The number of benzene rings is 2. The van der Waals surface area contributed by atoms with Crippen molar-refractivity contribution >= 4 is 31.6 Å². The van der Waals surface area contributed by atoms with E-state index in [4.69, 9.17) is 14.4 Å². The maximum atomic E-state index is 11.0. The number of rotatable bonds is 8. The van der Waals surface area contributed by atoms with Gasteiger partial charge in [0.15, 0.2) is 0 Å². The Bertz CT molecular complexity index is 1190. The molecule has 0 fully saturated rings. The second-order valence-electron chi connectivity index (χ2n) is 6.03. The monoisotopic (exact) mass is 469 g/mol. The van der Waals surface area contributed by atoms with Gasteiger partial charge in [-0.15, -0.1) is 20.5 Å². The third kappa shape index (κ3) is 8.06. The average molecular weight is 469 g/mol. The molecule has 4 N–H and O–H groups in total. The van der Waals surface area contributed by atoms with Crippen molar-refractivity contribution in [2.24, 2.45) is 20.5 Å². The molecule has 0 aliphatic rings. The number of nitriles is 1. The molecule has 2 aromatic rings. The predicted octanol–water partition coefficient (Wildman–Crippen LogP) is 2.59. The highest BCUT2D eigenvalue weighted by Crippen LogP contribution is 2.30. The molecule has 15 heteroatoms. The summed E-state index contributed by atoms with van der Waals surface area (Å²) >= 11 is 0. The minimum Gasteiger partial charge on any atom is -0.506 e. The predicted molar refractivity (Wildman–Crippen MR) is 105 cm³/mol. The Balaban J connectivity index is 2.24. The Morgan fingerprint density at radius 2 is 1.19 bits per heavy atom. The molecule has 0 radical (unpaired) electrons. The first-order valence-electron chi connectivity index (χ1n) is 8.12. The molecule has 0 heterocycles. The Labute approximate surface area is 176 Å². The highest BCUT2D eigenvalue weighted by atomic mass is 32.2. The van der Waals surface area contributed by atoms with Crippen LogP contribution in [-0.2, 0) is 31.7 Å². The van der Waals surface area contributed by atoms with Gasteiger partial charge in [0.1, 0.15) is 40.4 Å². The molecule has 0 aromatic heterocycles. The molecule has 0 amide bonds. The van der Waals surface area contributed by atoms with Crippen molar-refractivity contribution in [3.8, 4) is 17.6 Å². The van der Waals surface area contributed by atoms with Crippen molar-refractivity contribution in [3.63, 3.8) is 0 Å². The van der Waals surface area contributed by atoms with E-state index in [-0.39, 0.29) is 34.0 Å². The number of phenolic OH excluding ortho intramolecular Hbond substituents is 2. The molecule has 13 nitrogen and oxygen atoms in total. The van der Waals surface area contributed by atoms with E-state index in [1.54, 1.807) is 6.07 Å². The molecule has 0 bridgehead atoms. The lowest BCUT2D eigenvalue weighted by Gasteiger charge is -2.03. The van der Waals surface area contributed by atoms with Gasteiger partial charge in [-0.2, -0.15) is 22.1 Å². The van der Waals surface area contributed by atoms with Crippen LogP contribution >= 0.6 is 0 Å². The van der Waals surface area contributed by atoms with Crippen LogP contribution < -0.4 is 0 Å². The SMILES string of the molecule is N#CC(N=Nc1cc(CS(=O)(=O)O)ccc1O)N=Nc1cc(CS(=O)(=O)O)ccc1O. The van der Waals surface area contributed by atoms with Crippen LogP contribution in [0.15, 0.2) is 56.9 Å². The van der Waals surface area contributed by atoms with Crippen molar-refractivity contribution in [2.45, 2.75) is 17.7 Å². The minimum atomic E-state index is -4.32. The number of phenols is 2. The first-order chi connectivity index (χ1) is 14.4. The Hall–Kier alpha value is -3.45. The standard InChI is InChI=1S/C16H15N5O8S2/c17-7-16(20-18-12-5-10(1-3-14(12)22)8-30(24,25)26)21-19-13-6-11(2-4-15(13)23)9-31(27,28)29/h1-6,16,22-23H,8-9H2,(H,24,25,26)(H,27,28,29). The maximum absolute atomic E-state index is 11.0. The van der Waals surface area contributed by atoms with Gasteiger partial charge in [0, 0.05) is 0 Å². The van der Waals surface area contributed by atoms with Gasteiger partial charge in [-0.1, -0.05) is 12.1 Å². The molecule has 2 aromatic carbocycles. The lowest BCUT2D eigenvalue weighted by atomic mass is 10.2. The van der Waals surface area contributed by atoms with Crippen LogP contribution in [0.5, 0.6) is 11.5 Å². The van der Waals surface area contributed by atoms with E-state index in [1.165, 1.54) is 12.1 Å². The maximum Gasteiger partial charge on any atom is 0.269 e. The topological polar surface area (TPSA) is 222 Å². The molecule has 0 atom stereocenters. The first kappa shape index (κ1) is 23.8. The van der Waals surface area contributed by atoms with Gasteiger partial charge < -0.3 is 10.2 Å². The molecule has 0 unspecified atom stereocenters. The van der Waals surface area contributed by atoms with E-state index in [1.807, 2.05) is 0 Å². The van der Waals surface area contributed by atoms with Gasteiger partial charge in [0.2, 0.25) is 0 Å². The van der Waals surface area contributed by atoms with Crippen LogP contribution in [-0.4, -0.2) is 42.3 Å². The summed E-state index contributed by atoms with van der Waals surface area (Å²) in [6.45, 7) is 0. The number of aromatic hydroxyl groups is 2. The summed E-state index contributed by atoms with van der Waals surface area (Å²) in [6, 6.07) is 8.61. The van der Waals surface area contributed by atoms with E-state index < -0.39 is 37.9 Å². The smallest absolute Gasteiger partial charge is 0.269 e. The molecular weight excluding hydrogens is 454 g/mol. The lowest BCUT2D eigenvalue weighted by Crippen LogP contribution is -2.01. The fourth-order valence-electron chi connectivity index (χ4n) is 2.21. The summed E-state index contributed by atoms with van der Waals surface area (Å²) in [5.74, 6) is -2.22. The number of azo groups is 2. The Kier molecular flexibility index (Phi) is 7.36. The van der Waals surface area contributed by atoms with Crippen LogP contribution in [0.25, 0.3) is 0 Å². The molecular formula is C16H15N5O8S2. The molecule has 2 rings (SSSR count). The molecule has 0 spiro atoms. The minimum absolute atomic E-state index is 0.102. The molecule has 31 heavy (non-hydrogen) atoms. The number of nitrogens with zero attached hydrogens (tertiary/aromatic N) is 5. The van der Waals surface area contributed by atoms with E-state index >= 15 is 0 Å². The summed E-state index contributed by atoms with van der Waals surface area (Å²) in [5, 5.41) is 43.0. The Morgan fingerprint density at radius 1 is 0.806 bits per heavy atom. The molecule has 164 valence electrons. The van der Waals surface area contributed by atoms with E-state index in [0.29, 0.717) is 0 Å². The normalized spacial score (nSPS) is 13.5. The van der Waals surface area contributed by atoms with Gasteiger partial charge in [0.25, 0.3) is 26.4 Å². The van der Waals surface area contributed by atoms with Crippen LogP contribution in [0.3, 0.4) is 0 Å². The van der Waals surface area contributed by atoms with Gasteiger partial charge in [-0.05, 0) is 35.4 Å². The average Bonchev–Trinajstić information content (AvgIpc) is 2.64. The summed E-state index contributed by atoms with van der Waals surface area (Å²) in [5.41, 5.74) is -0.195. The van der Waals surface area contributed by atoms with Gasteiger partial charge in [-0.3, -0.25) is 9.11 Å². The summed E-state index contributed by atoms with van der Waals surface area (Å²) < 4.78 is 61.6. The van der Waals surface area contributed by atoms with E-state index in [2.05, 4.69) is 20.5 Å². The fraction of sp³-hybridized carbons (Fsp3) is 0.188. The molecule has 0 aliphatic carbocycles. The van der Waals surface area contributed by atoms with Crippen molar-refractivity contribution in [2.75, 3.05) is 0 Å². The third-order valence-corrected chi connectivity index (χ3v) is 4.84. The second-order valence-corrected chi connectivity index (χ2v) is 8.94. The van der Waals surface area contributed by atoms with E-state index in [0.717, 1.165) is 24.3 Å². The second kappa shape index (κ2) is 9.57. The van der Waals surface area contributed by atoms with E-state index in [9.17, 15) is 27.0 Å². The van der Waals surface area contributed by atoms with Crippen LogP contribution in [0.2, 0.25) is 0 Å². The summed E-state index contributed by atoms with van der Waals surface area (Å²) in [6.07, 6.45) is -1.53. The van der Waals surface area contributed by atoms with Crippen LogP contribution in [0, 0.1) is 11.3 Å². The first-order valence-corrected chi connectivity index (χ1v) is 11.3. The van der Waals surface area contributed by atoms with Crippen LogP contribution in [0.4, 0.5) is 11.4 Å². The number of hydrogen-bond acceptors (Lipinski definition) is 11. The molecule has 0 saturated carbocycles. The highest BCUT2D eigenvalue weighted by Gasteiger charge is 2.12. The van der Waals surface area contributed by atoms with Gasteiger partial charge >= 0.3 is 0 Å². The molecule has 0 aliphatic heterocycles. The third-order valence-electron chi connectivity index (χ3n) is 3.44. The van der Waals surface area contributed by atoms with Crippen molar-refractivity contribution in [1.82, 2.24) is 0 Å². The molecule has 0 saturated heterocycles. The van der Waals surface area contributed by atoms with Crippen LogP contribution in [0.1, 0.15) is 11.1 Å². The highest BCUT2D eigenvalue weighted by molar-refractivity contribution is 7.85. The van der Waals surface area contributed by atoms with Crippen molar-refractivity contribution < 1.29 is 36.2 Å². The quantitative estimate of drug-likeness (QED) is 0.329. The fourth-order valence-corrected chi connectivity index (χ4v) is 3.41. The summed E-state index contributed by atoms with van der Waals surface area (Å²) in [7, 11) is -8.64. The zero-order valence-electron chi connectivity index (χ0n) is 15.4.